The summed E-state index contributed by atoms with van der Waals surface area (Å²) in [6.45, 7) is 1.66. The van der Waals surface area contributed by atoms with Gasteiger partial charge in [-0.2, -0.15) is 0 Å². The molecule has 0 saturated heterocycles. The second-order valence-corrected chi connectivity index (χ2v) is 4.54. The van der Waals surface area contributed by atoms with E-state index in [0.717, 1.165) is 6.07 Å². The molecule has 1 aromatic carbocycles. The first-order valence-corrected chi connectivity index (χ1v) is 5.20. The van der Waals surface area contributed by atoms with Gasteiger partial charge in [0.05, 0.1) is 10.5 Å². The van der Waals surface area contributed by atoms with Crippen LogP contribution in [0.3, 0.4) is 0 Å². The largest absolute Gasteiger partial charge is 0.323 e. The molecule has 1 aromatic rings. The Labute approximate surface area is 94.6 Å². The van der Waals surface area contributed by atoms with Crippen molar-refractivity contribution in [3.63, 3.8) is 0 Å². The summed E-state index contributed by atoms with van der Waals surface area (Å²) in [5.41, 5.74) is 0.130. The second-order valence-electron chi connectivity index (χ2n) is 2.73. The first-order valence-electron chi connectivity index (χ1n) is 3.90. The molecule has 0 spiro atoms. The van der Waals surface area contributed by atoms with Crippen molar-refractivity contribution in [1.82, 2.24) is 0 Å². The Bertz CT molecular complexity index is 357. The maximum absolute atomic E-state index is 13.2. The third-order valence-electron chi connectivity index (χ3n) is 1.55. The standard InChI is InChI=1S/C9H8BrClFNO/c1-5(10)9(14)13-8-3-2-6(11)4-7(8)12/h2-5H,1H3,(H,13,14)/t5-/m1/s1. The minimum atomic E-state index is -0.543. The van der Waals surface area contributed by atoms with E-state index < -0.39 is 5.82 Å². The highest BCUT2D eigenvalue weighted by atomic mass is 79.9. The number of halogens is 3. The fourth-order valence-corrected chi connectivity index (χ4v) is 1.10. The zero-order valence-electron chi connectivity index (χ0n) is 7.35. The molecule has 0 aliphatic rings. The first kappa shape index (κ1) is 11.5. The van der Waals surface area contributed by atoms with Gasteiger partial charge in [0.25, 0.3) is 0 Å². The van der Waals surface area contributed by atoms with Gasteiger partial charge in [-0.25, -0.2) is 4.39 Å². The lowest BCUT2D eigenvalue weighted by molar-refractivity contribution is -0.115. The molecule has 14 heavy (non-hydrogen) atoms. The summed E-state index contributed by atoms with van der Waals surface area (Å²) < 4.78 is 13.2. The Morgan fingerprint density at radius 2 is 2.29 bits per heavy atom. The van der Waals surface area contributed by atoms with Gasteiger partial charge in [-0.05, 0) is 25.1 Å². The van der Waals surface area contributed by atoms with Crippen LogP contribution in [0.4, 0.5) is 10.1 Å². The van der Waals surface area contributed by atoms with E-state index in [1.165, 1.54) is 12.1 Å². The highest BCUT2D eigenvalue weighted by Crippen LogP contribution is 2.19. The van der Waals surface area contributed by atoms with Crippen LogP contribution in [-0.2, 0) is 4.79 Å². The van der Waals surface area contributed by atoms with Gasteiger partial charge in [-0.3, -0.25) is 4.79 Å². The zero-order valence-corrected chi connectivity index (χ0v) is 9.69. The van der Waals surface area contributed by atoms with Crippen LogP contribution in [0.25, 0.3) is 0 Å². The van der Waals surface area contributed by atoms with Crippen molar-refractivity contribution in [2.45, 2.75) is 11.8 Å². The molecule has 2 nitrogen and oxygen atoms in total. The van der Waals surface area contributed by atoms with Crippen LogP contribution >= 0.6 is 27.5 Å². The number of anilines is 1. The van der Waals surface area contributed by atoms with Gasteiger partial charge < -0.3 is 5.32 Å². The Hall–Kier alpha value is -0.610. The molecule has 1 N–H and O–H groups in total. The second kappa shape index (κ2) is 4.75. The van der Waals surface area contributed by atoms with E-state index in [9.17, 15) is 9.18 Å². The third-order valence-corrected chi connectivity index (χ3v) is 2.20. The fourth-order valence-electron chi connectivity index (χ4n) is 0.823. The predicted molar refractivity (Wildman–Crippen MR) is 58.4 cm³/mol. The normalized spacial score (nSPS) is 12.3. The topological polar surface area (TPSA) is 29.1 Å². The average molecular weight is 281 g/mol. The molecule has 0 aliphatic heterocycles. The molecule has 76 valence electrons. The minimum absolute atomic E-state index is 0.130. The predicted octanol–water partition coefficient (Wildman–Crippen LogP) is 3.20. The number of nitrogens with one attached hydrogen (secondary N) is 1. The quantitative estimate of drug-likeness (QED) is 0.828. The summed E-state index contributed by atoms with van der Waals surface area (Å²) in [5, 5.41) is 2.72. The zero-order chi connectivity index (χ0) is 10.7. The van der Waals surface area contributed by atoms with Gasteiger partial charge in [0.1, 0.15) is 5.82 Å². The van der Waals surface area contributed by atoms with E-state index in [0.29, 0.717) is 5.02 Å². The van der Waals surface area contributed by atoms with Crippen LogP contribution < -0.4 is 5.32 Å². The van der Waals surface area contributed by atoms with Crippen molar-refractivity contribution in [2.75, 3.05) is 5.32 Å². The van der Waals surface area contributed by atoms with E-state index in [4.69, 9.17) is 11.6 Å². The molecular formula is C9H8BrClFNO. The van der Waals surface area contributed by atoms with Crippen LogP contribution in [0.1, 0.15) is 6.92 Å². The number of hydrogen-bond acceptors (Lipinski definition) is 1. The summed E-state index contributed by atoms with van der Waals surface area (Å²) >= 11 is 8.63. The van der Waals surface area contributed by atoms with Crippen LogP contribution in [0.2, 0.25) is 5.02 Å². The Morgan fingerprint density at radius 1 is 1.64 bits per heavy atom. The van der Waals surface area contributed by atoms with Gasteiger partial charge >= 0.3 is 0 Å². The third kappa shape index (κ3) is 2.96. The molecule has 0 unspecified atom stereocenters. The van der Waals surface area contributed by atoms with Crippen molar-refractivity contribution in [2.24, 2.45) is 0 Å². The molecule has 0 bridgehead atoms. The number of alkyl halides is 1. The number of carbonyl (C=O) groups excluding carboxylic acids is 1. The van der Waals surface area contributed by atoms with Crippen molar-refractivity contribution >= 4 is 39.1 Å². The number of amides is 1. The smallest absolute Gasteiger partial charge is 0.237 e. The van der Waals surface area contributed by atoms with Crippen molar-refractivity contribution in [3.8, 4) is 0 Å². The molecule has 1 rings (SSSR count). The molecule has 0 heterocycles. The van der Waals surface area contributed by atoms with Crippen LogP contribution in [0.5, 0.6) is 0 Å². The van der Waals surface area contributed by atoms with E-state index >= 15 is 0 Å². The van der Waals surface area contributed by atoms with Crippen molar-refractivity contribution in [1.29, 1.82) is 0 Å². The molecule has 0 saturated carbocycles. The van der Waals surface area contributed by atoms with E-state index in [-0.39, 0.29) is 16.4 Å². The molecule has 0 fully saturated rings. The Balaban J connectivity index is 2.82. The summed E-state index contributed by atoms with van der Waals surface area (Å²) in [4.78, 5) is 10.8. The minimum Gasteiger partial charge on any atom is -0.323 e. The molecule has 1 amide bonds. The number of benzene rings is 1. The van der Waals surface area contributed by atoms with Gasteiger partial charge in [0.15, 0.2) is 0 Å². The molecule has 5 heteroatoms. The Kier molecular flexibility index (Phi) is 3.89. The average Bonchev–Trinajstić information content (AvgIpc) is 2.09. The maximum atomic E-state index is 13.2. The van der Waals surface area contributed by atoms with Crippen LogP contribution in [0.15, 0.2) is 18.2 Å². The number of carbonyl (C=O) groups is 1. The lowest BCUT2D eigenvalue weighted by Crippen LogP contribution is -2.20. The summed E-state index contributed by atoms with van der Waals surface area (Å²) in [6, 6.07) is 4.08. The molecule has 0 aliphatic carbocycles. The van der Waals surface area contributed by atoms with Crippen LogP contribution in [0, 0.1) is 5.82 Å². The monoisotopic (exact) mass is 279 g/mol. The van der Waals surface area contributed by atoms with E-state index in [2.05, 4.69) is 21.2 Å². The SMILES string of the molecule is C[C@@H](Br)C(=O)Nc1ccc(Cl)cc1F. The van der Waals surface area contributed by atoms with E-state index in [1.54, 1.807) is 6.92 Å². The fraction of sp³-hybridized carbons (Fsp3) is 0.222. The highest BCUT2D eigenvalue weighted by molar-refractivity contribution is 9.10. The van der Waals surface area contributed by atoms with Crippen LogP contribution in [-0.4, -0.2) is 10.7 Å². The Morgan fingerprint density at radius 3 is 2.79 bits per heavy atom. The molecular weight excluding hydrogens is 272 g/mol. The summed E-state index contributed by atoms with van der Waals surface area (Å²) in [7, 11) is 0. The van der Waals surface area contributed by atoms with E-state index in [1.807, 2.05) is 0 Å². The lowest BCUT2D eigenvalue weighted by atomic mass is 10.3. The maximum Gasteiger partial charge on any atom is 0.237 e. The molecule has 1 atom stereocenters. The summed E-state index contributed by atoms with van der Waals surface area (Å²) in [6.07, 6.45) is 0. The van der Waals surface area contributed by atoms with Gasteiger partial charge in [-0.1, -0.05) is 27.5 Å². The van der Waals surface area contributed by atoms with Gasteiger partial charge in [0.2, 0.25) is 5.91 Å². The number of rotatable bonds is 2. The lowest BCUT2D eigenvalue weighted by Gasteiger charge is -2.07. The van der Waals surface area contributed by atoms with Gasteiger partial charge in [-0.15, -0.1) is 0 Å². The van der Waals surface area contributed by atoms with Crippen molar-refractivity contribution < 1.29 is 9.18 Å². The molecule has 0 aromatic heterocycles. The van der Waals surface area contributed by atoms with Gasteiger partial charge in [0, 0.05) is 5.02 Å². The highest BCUT2D eigenvalue weighted by Gasteiger charge is 2.11. The summed E-state index contributed by atoms with van der Waals surface area (Å²) in [5.74, 6) is -0.842. The first-order chi connectivity index (χ1) is 6.50. The molecule has 0 radical (unpaired) electrons. The van der Waals surface area contributed by atoms with Crippen molar-refractivity contribution in [3.05, 3.63) is 29.0 Å². The number of hydrogen-bond donors (Lipinski definition) is 1.